The topological polar surface area (TPSA) is 93.7 Å². The first-order valence-corrected chi connectivity index (χ1v) is 10.9. The fourth-order valence-electron chi connectivity index (χ4n) is 2.34. The number of halogens is 1. The number of carbonyl (C=O) groups is 1. The van der Waals surface area contributed by atoms with Crippen LogP contribution in [0, 0.1) is 0 Å². The predicted molar refractivity (Wildman–Crippen MR) is 110 cm³/mol. The van der Waals surface area contributed by atoms with Crippen LogP contribution in [-0.4, -0.2) is 41.2 Å². The van der Waals surface area contributed by atoms with Gasteiger partial charge in [0, 0.05) is 18.1 Å². The second-order valence-corrected chi connectivity index (χ2v) is 8.67. The van der Waals surface area contributed by atoms with Crippen molar-refractivity contribution in [1.82, 2.24) is 10.0 Å². The molecule has 2 aromatic carbocycles. The van der Waals surface area contributed by atoms with Gasteiger partial charge in [0.2, 0.25) is 10.0 Å². The molecule has 2 rings (SSSR count). The smallest absolute Gasteiger partial charge is 0.258 e. The average molecular weight is 471 g/mol. The standard InChI is InChI=1S/C19H23BrN2O5S/c1-14(15-3-5-16(20)6-4-15)22-19(23)13-27-17-7-9-18(10-8-17)28(24,25)21-11-12-26-2/h3-10,14,21H,11-13H2,1-2H3,(H,22,23)/t14-/m0/s1. The number of hydrogen-bond acceptors (Lipinski definition) is 5. The molecule has 0 aliphatic carbocycles. The van der Waals surface area contributed by atoms with Gasteiger partial charge in [0.25, 0.3) is 5.91 Å². The van der Waals surface area contributed by atoms with Crippen molar-refractivity contribution >= 4 is 31.9 Å². The summed E-state index contributed by atoms with van der Waals surface area (Å²) in [4.78, 5) is 12.2. The summed E-state index contributed by atoms with van der Waals surface area (Å²) in [5, 5.41) is 2.85. The maximum atomic E-state index is 12.1. The zero-order valence-corrected chi connectivity index (χ0v) is 18.0. The van der Waals surface area contributed by atoms with Crippen LogP contribution in [0.2, 0.25) is 0 Å². The van der Waals surface area contributed by atoms with Crippen LogP contribution in [0.4, 0.5) is 0 Å². The lowest BCUT2D eigenvalue weighted by Gasteiger charge is -2.15. The van der Waals surface area contributed by atoms with Gasteiger partial charge in [0.15, 0.2) is 6.61 Å². The van der Waals surface area contributed by atoms with E-state index < -0.39 is 10.0 Å². The quantitative estimate of drug-likeness (QED) is 0.520. The Kier molecular flexibility index (Phi) is 8.43. The van der Waals surface area contributed by atoms with Gasteiger partial charge in [-0.15, -0.1) is 0 Å². The van der Waals surface area contributed by atoms with E-state index in [2.05, 4.69) is 26.0 Å². The molecule has 0 aromatic heterocycles. The molecular weight excluding hydrogens is 448 g/mol. The van der Waals surface area contributed by atoms with Crippen molar-refractivity contribution in [2.24, 2.45) is 0 Å². The molecule has 7 nitrogen and oxygen atoms in total. The summed E-state index contributed by atoms with van der Waals surface area (Å²) in [6, 6.07) is 13.4. The summed E-state index contributed by atoms with van der Waals surface area (Å²) >= 11 is 3.37. The lowest BCUT2D eigenvalue weighted by Crippen LogP contribution is -2.31. The summed E-state index contributed by atoms with van der Waals surface area (Å²) in [6.07, 6.45) is 0. The number of benzene rings is 2. The number of sulfonamides is 1. The number of carbonyl (C=O) groups excluding carboxylic acids is 1. The van der Waals surface area contributed by atoms with Crippen LogP contribution < -0.4 is 14.8 Å². The van der Waals surface area contributed by atoms with Gasteiger partial charge in [-0.25, -0.2) is 13.1 Å². The Morgan fingerprint density at radius 2 is 1.75 bits per heavy atom. The fraction of sp³-hybridized carbons (Fsp3) is 0.316. The molecule has 1 amide bonds. The minimum atomic E-state index is -3.60. The highest BCUT2D eigenvalue weighted by molar-refractivity contribution is 9.10. The molecule has 28 heavy (non-hydrogen) atoms. The van der Waals surface area contributed by atoms with Crippen LogP contribution in [0.15, 0.2) is 57.9 Å². The highest BCUT2D eigenvalue weighted by atomic mass is 79.9. The van der Waals surface area contributed by atoms with Gasteiger partial charge in [-0.1, -0.05) is 28.1 Å². The Balaban J connectivity index is 1.85. The van der Waals surface area contributed by atoms with E-state index in [4.69, 9.17) is 9.47 Å². The van der Waals surface area contributed by atoms with Crippen molar-refractivity contribution in [2.75, 3.05) is 26.9 Å². The highest BCUT2D eigenvalue weighted by Crippen LogP contribution is 2.17. The average Bonchev–Trinajstić information content (AvgIpc) is 2.67. The van der Waals surface area contributed by atoms with Gasteiger partial charge in [-0.2, -0.15) is 0 Å². The second kappa shape index (κ2) is 10.6. The summed E-state index contributed by atoms with van der Waals surface area (Å²) in [7, 11) is -2.10. The van der Waals surface area contributed by atoms with Crippen LogP contribution in [-0.2, 0) is 19.6 Å². The van der Waals surface area contributed by atoms with Crippen LogP contribution in [0.1, 0.15) is 18.5 Å². The van der Waals surface area contributed by atoms with E-state index in [1.165, 1.54) is 31.4 Å². The Bertz CT molecular complexity index is 870. The van der Waals surface area contributed by atoms with Crippen molar-refractivity contribution in [3.8, 4) is 5.75 Å². The molecule has 0 saturated heterocycles. The molecule has 0 saturated carbocycles. The van der Waals surface area contributed by atoms with E-state index in [1.54, 1.807) is 0 Å². The Labute approximate surface area is 173 Å². The van der Waals surface area contributed by atoms with Crippen molar-refractivity contribution in [1.29, 1.82) is 0 Å². The van der Waals surface area contributed by atoms with Crippen molar-refractivity contribution in [2.45, 2.75) is 17.9 Å². The molecule has 0 bridgehead atoms. The van der Waals surface area contributed by atoms with E-state index in [9.17, 15) is 13.2 Å². The Hall–Kier alpha value is -1.94. The number of hydrogen-bond donors (Lipinski definition) is 2. The van der Waals surface area contributed by atoms with Crippen LogP contribution in [0.25, 0.3) is 0 Å². The normalized spacial score (nSPS) is 12.4. The zero-order valence-electron chi connectivity index (χ0n) is 15.6. The molecule has 0 unspecified atom stereocenters. The third kappa shape index (κ3) is 6.90. The van der Waals surface area contributed by atoms with Crippen molar-refractivity contribution < 1.29 is 22.7 Å². The predicted octanol–water partition coefficient (Wildman–Crippen LogP) is 2.63. The van der Waals surface area contributed by atoms with Gasteiger partial charge in [-0.05, 0) is 48.9 Å². The molecule has 0 aliphatic heterocycles. The molecule has 0 heterocycles. The maximum absolute atomic E-state index is 12.1. The SMILES string of the molecule is COCCNS(=O)(=O)c1ccc(OCC(=O)N[C@@H](C)c2ccc(Br)cc2)cc1. The number of nitrogens with one attached hydrogen (secondary N) is 2. The largest absolute Gasteiger partial charge is 0.484 e. The van der Waals surface area contributed by atoms with Crippen LogP contribution >= 0.6 is 15.9 Å². The van der Waals surface area contributed by atoms with Gasteiger partial charge in [0.05, 0.1) is 17.5 Å². The summed E-state index contributed by atoms with van der Waals surface area (Å²) < 4.78 is 37.8. The summed E-state index contributed by atoms with van der Waals surface area (Å²) in [5.41, 5.74) is 0.979. The van der Waals surface area contributed by atoms with E-state index in [0.29, 0.717) is 5.75 Å². The molecule has 152 valence electrons. The Morgan fingerprint density at radius 1 is 1.11 bits per heavy atom. The summed E-state index contributed by atoms with van der Waals surface area (Å²) in [5.74, 6) is 0.135. The third-order valence-corrected chi connectivity index (χ3v) is 5.86. The summed E-state index contributed by atoms with van der Waals surface area (Å²) in [6.45, 7) is 2.19. The first-order chi connectivity index (χ1) is 13.3. The fourth-order valence-corrected chi connectivity index (χ4v) is 3.62. The van der Waals surface area contributed by atoms with E-state index >= 15 is 0 Å². The second-order valence-electron chi connectivity index (χ2n) is 5.99. The first-order valence-electron chi connectivity index (χ1n) is 8.58. The van der Waals surface area contributed by atoms with Gasteiger partial charge < -0.3 is 14.8 Å². The monoisotopic (exact) mass is 470 g/mol. The van der Waals surface area contributed by atoms with Crippen molar-refractivity contribution in [3.05, 3.63) is 58.6 Å². The molecule has 0 spiro atoms. The molecule has 0 aliphatic rings. The number of amides is 1. The third-order valence-electron chi connectivity index (χ3n) is 3.85. The first kappa shape index (κ1) is 22.4. The molecule has 9 heteroatoms. The number of ether oxygens (including phenoxy) is 2. The van der Waals surface area contributed by atoms with E-state index in [0.717, 1.165) is 10.0 Å². The Morgan fingerprint density at radius 3 is 2.36 bits per heavy atom. The number of methoxy groups -OCH3 is 1. The van der Waals surface area contributed by atoms with Crippen LogP contribution in [0.5, 0.6) is 5.75 Å². The van der Waals surface area contributed by atoms with Gasteiger partial charge in [0.1, 0.15) is 5.75 Å². The molecule has 2 N–H and O–H groups in total. The van der Waals surface area contributed by atoms with Gasteiger partial charge >= 0.3 is 0 Å². The van der Waals surface area contributed by atoms with Gasteiger partial charge in [-0.3, -0.25) is 4.79 Å². The van der Waals surface area contributed by atoms with E-state index in [-0.39, 0.29) is 36.6 Å². The molecule has 0 fully saturated rings. The molecule has 0 radical (unpaired) electrons. The number of rotatable bonds is 10. The lowest BCUT2D eigenvalue weighted by molar-refractivity contribution is -0.123. The maximum Gasteiger partial charge on any atom is 0.258 e. The zero-order chi connectivity index (χ0) is 20.6. The van der Waals surface area contributed by atoms with E-state index in [1.807, 2.05) is 31.2 Å². The van der Waals surface area contributed by atoms with Crippen LogP contribution in [0.3, 0.4) is 0 Å². The molecular formula is C19H23BrN2O5S. The molecule has 1 atom stereocenters. The lowest BCUT2D eigenvalue weighted by atomic mass is 10.1. The molecule has 2 aromatic rings. The minimum Gasteiger partial charge on any atom is -0.484 e. The minimum absolute atomic E-state index is 0.115. The highest BCUT2D eigenvalue weighted by Gasteiger charge is 2.14. The van der Waals surface area contributed by atoms with Crippen molar-refractivity contribution in [3.63, 3.8) is 0 Å².